The van der Waals surface area contributed by atoms with Crippen molar-refractivity contribution in [2.24, 2.45) is 0 Å². The van der Waals surface area contributed by atoms with Gasteiger partial charge in [-0.1, -0.05) is 37.3 Å². The summed E-state index contributed by atoms with van der Waals surface area (Å²) in [6.45, 7) is -0.180. The summed E-state index contributed by atoms with van der Waals surface area (Å²) in [6, 6.07) is 7.61. The van der Waals surface area contributed by atoms with Crippen LogP contribution < -0.4 is 5.32 Å². The fourth-order valence-electron chi connectivity index (χ4n) is 1.49. The molecule has 0 radical (unpaired) electrons. The Bertz CT molecular complexity index is 491. The summed E-state index contributed by atoms with van der Waals surface area (Å²) in [4.78, 5) is 23.0. The predicted molar refractivity (Wildman–Crippen MR) is 70.9 cm³/mol. The molecule has 1 amide bonds. The molecule has 0 aliphatic rings. The zero-order chi connectivity index (χ0) is 16.6. The van der Waals surface area contributed by atoms with Crippen LogP contribution in [0.3, 0.4) is 0 Å². The summed E-state index contributed by atoms with van der Waals surface area (Å²) in [7, 11) is 0. The summed E-state index contributed by atoms with van der Waals surface area (Å²) < 4.78 is 44.9. The first-order chi connectivity index (χ1) is 10.3. The van der Waals surface area contributed by atoms with Crippen molar-refractivity contribution in [3.05, 3.63) is 35.9 Å². The molecule has 0 bridgehead atoms. The molecule has 122 valence electrons. The summed E-state index contributed by atoms with van der Waals surface area (Å²) in [5.41, 5.74) is 0.741. The first-order valence-corrected chi connectivity index (χ1v) is 6.52. The van der Waals surface area contributed by atoms with Gasteiger partial charge in [-0.2, -0.15) is 13.2 Å². The van der Waals surface area contributed by atoms with Crippen LogP contribution in [0.5, 0.6) is 0 Å². The standard InChI is InChI=1S/C14H16F3NO4/c1-2-11(12(19)22-9-14(15,16)17)18-13(20)21-8-10-6-4-3-5-7-10/h3-7,11H,2,8-9H2,1H3,(H,18,20)/t11-/m0/s1. The molecular formula is C14H16F3NO4. The van der Waals surface area contributed by atoms with Gasteiger partial charge < -0.3 is 14.8 Å². The molecule has 0 fully saturated rings. The number of esters is 1. The molecule has 0 unspecified atom stereocenters. The molecular weight excluding hydrogens is 303 g/mol. The number of alkyl halides is 3. The molecule has 0 spiro atoms. The number of carbonyl (C=O) groups is 2. The van der Waals surface area contributed by atoms with Gasteiger partial charge in [0.2, 0.25) is 0 Å². The highest BCUT2D eigenvalue weighted by atomic mass is 19.4. The Balaban J connectivity index is 2.41. The molecule has 1 rings (SSSR count). The molecule has 0 heterocycles. The van der Waals surface area contributed by atoms with E-state index >= 15 is 0 Å². The largest absolute Gasteiger partial charge is 0.455 e. The first-order valence-electron chi connectivity index (χ1n) is 6.52. The van der Waals surface area contributed by atoms with Crippen molar-refractivity contribution in [3.63, 3.8) is 0 Å². The summed E-state index contributed by atoms with van der Waals surface area (Å²) in [5, 5.41) is 2.17. The molecule has 0 aliphatic heterocycles. The second-order valence-corrected chi connectivity index (χ2v) is 4.39. The summed E-state index contributed by atoms with van der Waals surface area (Å²) >= 11 is 0. The van der Waals surface area contributed by atoms with E-state index in [1.54, 1.807) is 30.3 Å². The van der Waals surface area contributed by atoms with Crippen molar-refractivity contribution in [1.82, 2.24) is 5.32 Å². The number of amides is 1. The van der Waals surface area contributed by atoms with Gasteiger partial charge >= 0.3 is 18.2 Å². The van der Waals surface area contributed by atoms with Crippen molar-refractivity contribution in [2.75, 3.05) is 6.61 Å². The third-order valence-electron chi connectivity index (χ3n) is 2.58. The maximum absolute atomic E-state index is 12.0. The van der Waals surface area contributed by atoms with Crippen molar-refractivity contribution in [3.8, 4) is 0 Å². The Hall–Kier alpha value is -2.25. The zero-order valence-electron chi connectivity index (χ0n) is 11.9. The van der Waals surface area contributed by atoms with Crippen LogP contribution >= 0.6 is 0 Å². The van der Waals surface area contributed by atoms with E-state index in [1.165, 1.54) is 6.92 Å². The summed E-state index contributed by atoms with van der Waals surface area (Å²) in [5.74, 6) is -1.16. The van der Waals surface area contributed by atoms with Gasteiger partial charge in [0.1, 0.15) is 12.6 Å². The number of rotatable bonds is 6. The number of nitrogens with one attached hydrogen (secondary N) is 1. The predicted octanol–water partition coefficient (Wildman–Crippen LogP) is 2.80. The number of carbonyl (C=O) groups excluding carboxylic acids is 2. The van der Waals surface area contributed by atoms with E-state index < -0.39 is 30.9 Å². The van der Waals surface area contributed by atoms with Crippen LogP contribution in [0.25, 0.3) is 0 Å². The molecule has 22 heavy (non-hydrogen) atoms. The minimum Gasteiger partial charge on any atom is -0.455 e. The van der Waals surface area contributed by atoms with Gasteiger partial charge in [0.25, 0.3) is 0 Å². The normalized spacial score (nSPS) is 12.4. The fourth-order valence-corrected chi connectivity index (χ4v) is 1.49. The van der Waals surface area contributed by atoms with Crippen molar-refractivity contribution >= 4 is 12.1 Å². The highest BCUT2D eigenvalue weighted by Gasteiger charge is 2.31. The van der Waals surface area contributed by atoms with Gasteiger partial charge in [0.15, 0.2) is 6.61 Å². The fraction of sp³-hybridized carbons (Fsp3) is 0.429. The first kappa shape index (κ1) is 17.8. The minimum atomic E-state index is -4.61. The average molecular weight is 319 g/mol. The number of benzene rings is 1. The molecule has 8 heteroatoms. The molecule has 1 aromatic rings. The molecule has 0 saturated carbocycles. The van der Waals surface area contributed by atoms with Crippen LogP contribution in [0.2, 0.25) is 0 Å². The molecule has 1 atom stereocenters. The zero-order valence-corrected chi connectivity index (χ0v) is 11.9. The van der Waals surface area contributed by atoms with Gasteiger partial charge in [-0.15, -0.1) is 0 Å². The van der Waals surface area contributed by atoms with E-state index in [0.29, 0.717) is 0 Å². The average Bonchev–Trinajstić information content (AvgIpc) is 2.48. The molecule has 0 aliphatic carbocycles. The lowest BCUT2D eigenvalue weighted by molar-refractivity contribution is -0.187. The summed E-state index contributed by atoms with van der Waals surface area (Å²) in [6.07, 6.45) is -5.43. The SMILES string of the molecule is CC[C@H](NC(=O)OCc1ccccc1)C(=O)OCC(F)(F)F. The van der Waals surface area contributed by atoms with E-state index in [9.17, 15) is 22.8 Å². The van der Waals surface area contributed by atoms with E-state index in [-0.39, 0.29) is 13.0 Å². The monoisotopic (exact) mass is 319 g/mol. The van der Waals surface area contributed by atoms with E-state index in [2.05, 4.69) is 10.1 Å². The van der Waals surface area contributed by atoms with Gasteiger partial charge in [-0.3, -0.25) is 0 Å². The van der Waals surface area contributed by atoms with E-state index in [1.807, 2.05) is 0 Å². The second kappa shape index (κ2) is 8.26. The lowest BCUT2D eigenvalue weighted by atomic mass is 10.2. The smallest absolute Gasteiger partial charge is 0.422 e. The van der Waals surface area contributed by atoms with Gasteiger partial charge in [0, 0.05) is 0 Å². The highest BCUT2D eigenvalue weighted by Crippen LogP contribution is 2.15. The number of ether oxygens (including phenoxy) is 2. The number of hydrogen-bond acceptors (Lipinski definition) is 4. The Morgan fingerprint density at radius 1 is 1.18 bits per heavy atom. The van der Waals surface area contributed by atoms with Gasteiger partial charge in [0.05, 0.1) is 0 Å². The van der Waals surface area contributed by atoms with Crippen molar-refractivity contribution in [1.29, 1.82) is 0 Å². The quantitative estimate of drug-likeness (QED) is 0.819. The Kier molecular flexibility index (Phi) is 6.68. The van der Waals surface area contributed by atoms with E-state index in [4.69, 9.17) is 4.74 Å². The Morgan fingerprint density at radius 2 is 1.82 bits per heavy atom. The molecule has 0 aromatic heterocycles. The Morgan fingerprint density at radius 3 is 2.36 bits per heavy atom. The maximum atomic E-state index is 12.0. The van der Waals surface area contributed by atoms with E-state index in [0.717, 1.165) is 5.56 Å². The van der Waals surface area contributed by atoms with Crippen LogP contribution in [0.1, 0.15) is 18.9 Å². The van der Waals surface area contributed by atoms with Crippen LogP contribution in [-0.2, 0) is 20.9 Å². The Labute approximate surface area is 125 Å². The van der Waals surface area contributed by atoms with Crippen LogP contribution in [0.4, 0.5) is 18.0 Å². The number of halogens is 3. The lowest BCUT2D eigenvalue weighted by Gasteiger charge is -2.16. The van der Waals surface area contributed by atoms with Crippen LogP contribution in [0, 0.1) is 0 Å². The molecule has 5 nitrogen and oxygen atoms in total. The number of alkyl carbamates (subject to hydrolysis) is 1. The third-order valence-corrected chi connectivity index (χ3v) is 2.58. The molecule has 1 aromatic carbocycles. The third kappa shape index (κ3) is 6.96. The highest BCUT2D eigenvalue weighted by molar-refractivity contribution is 5.81. The lowest BCUT2D eigenvalue weighted by Crippen LogP contribution is -2.42. The maximum Gasteiger partial charge on any atom is 0.422 e. The topological polar surface area (TPSA) is 64.6 Å². The molecule has 0 saturated heterocycles. The van der Waals surface area contributed by atoms with Crippen LogP contribution in [-0.4, -0.2) is 30.9 Å². The molecule has 1 N–H and O–H groups in total. The van der Waals surface area contributed by atoms with Crippen molar-refractivity contribution < 1.29 is 32.2 Å². The number of hydrogen-bond donors (Lipinski definition) is 1. The van der Waals surface area contributed by atoms with Crippen LogP contribution in [0.15, 0.2) is 30.3 Å². The minimum absolute atomic E-state index is 0.0132. The second-order valence-electron chi connectivity index (χ2n) is 4.39. The van der Waals surface area contributed by atoms with Crippen molar-refractivity contribution in [2.45, 2.75) is 32.2 Å². The van der Waals surface area contributed by atoms with Gasteiger partial charge in [-0.05, 0) is 12.0 Å². The van der Waals surface area contributed by atoms with Gasteiger partial charge in [-0.25, -0.2) is 9.59 Å².